The topological polar surface area (TPSA) is 231 Å². The number of hydrogen-bond donors (Lipinski definition) is 8. The van der Waals surface area contributed by atoms with E-state index in [0.717, 1.165) is 0 Å². The fourth-order valence-corrected chi connectivity index (χ4v) is 2.74. The largest absolute Gasteiger partial charge is 0.481 e. The van der Waals surface area contributed by atoms with Gasteiger partial charge >= 0.3 is 11.9 Å². The van der Waals surface area contributed by atoms with Crippen molar-refractivity contribution in [3.05, 3.63) is 0 Å². The first-order valence-electron chi connectivity index (χ1n) is 9.80. The van der Waals surface area contributed by atoms with Gasteiger partial charge in [-0.25, -0.2) is 4.79 Å². The van der Waals surface area contributed by atoms with Gasteiger partial charge in [0, 0.05) is 18.6 Å². The van der Waals surface area contributed by atoms with Crippen LogP contribution in [0.3, 0.4) is 0 Å². The normalized spacial score (nSPS) is 14.5. The summed E-state index contributed by atoms with van der Waals surface area (Å²) < 4.78 is 0. The molecular weight excluding hydrogens is 446 g/mol. The molecule has 0 aromatic rings. The lowest BCUT2D eigenvalue weighted by Gasteiger charge is -2.25. The van der Waals surface area contributed by atoms with Crippen molar-refractivity contribution in [2.45, 2.75) is 63.7 Å². The van der Waals surface area contributed by atoms with Crippen molar-refractivity contribution >= 4 is 48.2 Å². The van der Waals surface area contributed by atoms with Crippen LogP contribution < -0.4 is 27.4 Å². The number of carbonyl (C=O) groups excluding carboxylic acids is 4. The number of amides is 4. The van der Waals surface area contributed by atoms with Crippen molar-refractivity contribution in [3.63, 3.8) is 0 Å². The van der Waals surface area contributed by atoms with Crippen LogP contribution in [0.5, 0.6) is 0 Å². The quantitative estimate of drug-likeness (QED) is 0.117. The molecule has 0 aromatic carbocycles. The minimum atomic E-state index is -1.31. The zero-order valence-corrected chi connectivity index (χ0v) is 18.8. The number of rotatable bonds is 15. The maximum Gasteiger partial charge on any atom is 0.326 e. The Morgan fingerprint density at radius 1 is 0.844 bits per heavy atom. The fraction of sp³-hybridized carbons (Fsp3) is 0.667. The standard InChI is InChI=1S/C18H31N5O8S/c1-8(2)14(18(30)31)23-16(28)10(4-5-12(20)24)21-17(29)11(7-32)22-15(27)9(19)3-6-13(25)26/h8-11,14,32H,3-7,19H2,1-2H3,(H2,20,24)(H,21,29)(H,22,27)(H,23,28)(H,25,26)(H,30,31). The van der Waals surface area contributed by atoms with E-state index in [2.05, 4.69) is 28.6 Å². The Morgan fingerprint density at radius 2 is 1.38 bits per heavy atom. The first kappa shape index (κ1) is 29.1. The van der Waals surface area contributed by atoms with E-state index in [1.165, 1.54) is 0 Å². The number of nitrogens with one attached hydrogen (secondary N) is 3. The Balaban J connectivity index is 5.28. The summed E-state index contributed by atoms with van der Waals surface area (Å²) in [4.78, 5) is 70.3. The maximum atomic E-state index is 12.6. The molecule has 0 bridgehead atoms. The summed E-state index contributed by atoms with van der Waals surface area (Å²) in [5.74, 6) is -6.26. The molecule has 0 aliphatic carbocycles. The van der Waals surface area contributed by atoms with Gasteiger partial charge in [-0.1, -0.05) is 13.8 Å². The summed E-state index contributed by atoms with van der Waals surface area (Å²) in [6.45, 7) is 3.16. The molecule has 4 atom stereocenters. The second kappa shape index (κ2) is 14.2. The van der Waals surface area contributed by atoms with Crippen LogP contribution in [0, 0.1) is 5.92 Å². The number of aliphatic carboxylic acids is 2. The third-order valence-corrected chi connectivity index (χ3v) is 4.73. The van der Waals surface area contributed by atoms with E-state index in [4.69, 9.17) is 16.6 Å². The highest BCUT2D eigenvalue weighted by Crippen LogP contribution is 2.06. The van der Waals surface area contributed by atoms with E-state index in [9.17, 15) is 33.9 Å². The molecule has 0 heterocycles. The Kier molecular flexibility index (Phi) is 13.0. The molecule has 14 heteroatoms. The third-order valence-electron chi connectivity index (χ3n) is 4.36. The minimum Gasteiger partial charge on any atom is -0.481 e. The summed E-state index contributed by atoms with van der Waals surface area (Å²) >= 11 is 3.99. The molecule has 9 N–H and O–H groups in total. The van der Waals surface area contributed by atoms with E-state index in [-0.39, 0.29) is 31.4 Å². The third kappa shape index (κ3) is 10.9. The molecule has 0 saturated carbocycles. The van der Waals surface area contributed by atoms with Crippen LogP contribution in [-0.2, 0) is 28.8 Å². The summed E-state index contributed by atoms with van der Waals surface area (Å²) in [7, 11) is 0. The molecule has 0 spiro atoms. The molecule has 0 fully saturated rings. The molecule has 0 aliphatic heterocycles. The van der Waals surface area contributed by atoms with Gasteiger partial charge in [-0.05, 0) is 18.8 Å². The van der Waals surface area contributed by atoms with Crippen LogP contribution >= 0.6 is 12.6 Å². The summed E-state index contributed by atoms with van der Waals surface area (Å²) in [6.07, 6.45) is -0.974. The van der Waals surface area contributed by atoms with Gasteiger partial charge in [0.1, 0.15) is 18.1 Å². The smallest absolute Gasteiger partial charge is 0.326 e. The first-order valence-corrected chi connectivity index (χ1v) is 10.4. The number of thiol groups is 1. The van der Waals surface area contributed by atoms with Crippen LogP contribution in [-0.4, -0.2) is 75.7 Å². The predicted molar refractivity (Wildman–Crippen MR) is 115 cm³/mol. The number of hydrogen-bond acceptors (Lipinski definition) is 8. The number of primary amides is 1. The molecule has 32 heavy (non-hydrogen) atoms. The molecule has 0 saturated heterocycles. The number of carbonyl (C=O) groups is 6. The highest BCUT2D eigenvalue weighted by Gasteiger charge is 2.31. The van der Waals surface area contributed by atoms with Gasteiger partial charge in [0.15, 0.2) is 0 Å². The Morgan fingerprint density at radius 3 is 1.81 bits per heavy atom. The zero-order chi connectivity index (χ0) is 25.0. The van der Waals surface area contributed by atoms with Gasteiger partial charge in [-0.2, -0.15) is 12.6 Å². The Labute approximate surface area is 190 Å². The summed E-state index contributed by atoms with van der Waals surface area (Å²) in [6, 6.07) is -4.96. The van der Waals surface area contributed by atoms with Crippen LogP contribution in [0.15, 0.2) is 0 Å². The lowest BCUT2D eigenvalue weighted by atomic mass is 10.0. The molecule has 0 aliphatic rings. The number of carboxylic acid groups (broad SMARTS) is 2. The van der Waals surface area contributed by atoms with Gasteiger partial charge in [0.2, 0.25) is 23.6 Å². The summed E-state index contributed by atoms with van der Waals surface area (Å²) in [5.41, 5.74) is 10.7. The van der Waals surface area contributed by atoms with Crippen molar-refractivity contribution in [3.8, 4) is 0 Å². The monoisotopic (exact) mass is 477 g/mol. The average Bonchev–Trinajstić information content (AvgIpc) is 2.69. The minimum absolute atomic E-state index is 0.155. The van der Waals surface area contributed by atoms with E-state index in [1.807, 2.05) is 0 Å². The van der Waals surface area contributed by atoms with E-state index in [1.54, 1.807) is 13.8 Å². The second-order valence-electron chi connectivity index (χ2n) is 7.42. The Hall–Kier alpha value is -2.87. The van der Waals surface area contributed by atoms with Gasteiger partial charge in [-0.3, -0.25) is 24.0 Å². The molecule has 182 valence electrons. The van der Waals surface area contributed by atoms with Crippen LogP contribution in [0.4, 0.5) is 0 Å². The number of nitrogens with two attached hydrogens (primary N) is 2. The molecular formula is C18H31N5O8S. The van der Waals surface area contributed by atoms with E-state index < -0.39 is 65.7 Å². The van der Waals surface area contributed by atoms with Crippen molar-refractivity contribution in [1.29, 1.82) is 0 Å². The van der Waals surface area contributed by atoms with Crippen molar-refractivity contribution in [2.24, 2.45) is 17.4 Å². The molecule has 4 amide bonds. The molecule has 0 radical (unpaired) electrons. The van der Waals surface area contributed by atoms with Crippen molar-refractivity contribution < 1.29 is 39.0 Å². The zero-order valence-electron chi connectivity index (χ0n) is 17.9. The van der Waals surface area contributed by atoms with Gasteiger partial charge in [0.25, 0.3) is 0 Å². The van der Waals surface area contributed by atoms with Crippen molar-refractivity contribution in [1.82, 2.24) is 16.0 Å². The van der Waals surface area contributed by atoms with Crippen LogP contribution in [0.1, 0.15) is 39.5 Å². The first-order chi connectivity index (χ1) is 14.8. The fourth-order valence-electron chi connectivity index (χ4n) is 2.48. The maximum absolute atomic E-state index is 12.6. The van der Waals surface area contributed by atoms with Crippen LogP contribution in [0.2, 0.25) is 0 Å². The van der Waals surface area contributed by atoms with Gasteiger partial charge in [0.05, 0.1) is 6.04 Å². The molecule has 0 rings (SSSR count). The highest BCUT2D eigenvalue weighted by molar-refractivity contribution is 7.80. The molecule has 4 unspecified atom stereocenters. The SMILES string of the molecule is CC(C)C(NC(=O)C(CCC(N)=O)NC(=O)C(CS)NC(=O)C(N)CCC(=O)O)C(=O)O. The molecule has 0 aromatic heterocycles. The lowest BCUT2D eigenvalue weighted by molar-refractivity contribution is -0.143. The Bertz CT molecular complexity index is 717. The highest BCUT2D eigenvalue weighted by atomic mass is 32.1. The number of carboxylic acids is 2. The van der Waals surface area contributed by atoms with E-state index in [0.29, 0.717) is 0 Å². The average molecular weight is 478 g/mol. The second-order valence-corrected chi connectivity index (χ2v) is 7.78. The predicted octanol–water partition coefficient (Wildman–Crippen LogP) is -2.43. The van der Waals surface area contributed by atoms with Crippen LogP contribution in [0.25, 0.3) is 0 Å². The molecule has 13 nitrogen and oxygen atoms in total. The van der Waals surface area contributed by atoms with Gasteiger partial charge < -0.3 is 37.6 Å². The summed E-state index contributed by atoms with van der Waals surface area (Å²) in [5, 5.41) is 24.9. The van der Waals surface area contributed by atoms with E-state index >= 15 is 0 Å². The van der Waals surface area contributed by atoms with Crippen molar-refractivity contribution in [2.75, 3.05) is 5.75 Å². The van der Waals surface area contributed by atoms with Gasteiger partial charge in [-0.15, -0.1) is 0 Å². The lowest BCUT2D eigenvalue weighted by Crippen LogP contribution is -2.58.